The predicted molar refractivity (Wildman–Crippen MR) is 117 cm³/mol. The lowest BCUT2D eigenvalue weighted by Crippen LogP contribution is -2.64. The maximum atomic E-state index is 15.0. The number of likely N-dealkylation sites (tertiary alicyclic amines) is 1. The van der Waals surface area contributed by atoms with Gasteiger partial charge in [0.1, 0.15) is 11.7 Å². The number of fused-ring (bicyclic) bond motifs is 2. The first kappa shape index (κ1) is 19.4. The molecule has 0 aliphatic carbocycles. The number of halogens is 1. The van der Waals surface area contributed by atoms with Gasteiger partial charge in [-0.2, -0.15) is 10.1 Å². The normalized spacial score (nSPS) is 23.4. The van der Waals surface area contributed by atoms with E-state index in [0.29, 0.717) is 43.5 Å². The lowest BCUT2D eigenvalue weighted by atomic mass is 9.92. The Morgan fingerprint density at radius 2 is 2.03 bits per heavy atom. The number of aromatic nitrogens is 6. The molecule has 0 bridgehead atoms. The van der Waals surface area contributed by atoms with E-state index < -0.39 is 6.17 Å². The summed E-state index contributed by atoms with van der Waals surface area (Å²) in [6, 6.07) is 5.24. The van der Waals surface area contributed by atoms with Crippen molar-refractivity contribution in [3.05, 3.63) is 36.8 Å². The van der Waals surface area contributed by atoms with Crippen molar-refractivity contribution in [2.45, 2.75) is 31.1 Å². The molecule has 6 rings (SSSR count). The van der Waals surface area contributed by atoms with Crippen molar-refractivity contribution in [2.24, 2.45) is 0 Å². The molecule has 0 aromatic carbocycles. The van der Waals surface area contributed by atoms with E-state index in [1.54, 1.807) is 15.2 Å². The first-order valence-corrected chi connectivity index (χ1v) is 10.7. The van der Waals surface area contributed by atoms with E-state index >= 15 is 0 Å². The summed E-state index contributed by atoms with van der Waals surface area (Å²) < 4.78 is 23.6. The molecule has 2 aliphatic heterocycles. The summed E-state index contributed by atoms with van der Waals surface area (Å²) in [4.78, 5) is 11.2. The molecule has 10 nitrogen and oxygen atoms in total. The first-order valence-electron chi connectivity index (χ1n) is 10.7. The van der Waals surface area contributed by atoms with E-state index in [1.807, 2.05) is 30.6 Å². The number of nitrogen functional groups attached to an aromatic ring is 1. The van der Waals surface area contributed by atoms with Crippen LogP contribution in [0.15, 0.2) is 36.8 Å². The highest BCUT2D eigenvalue weighted by Crippen LogP contribution is 2.31. The van der Waals surface area contributed by atoms with Crippen molar-refractivity contribution < 1.29 is 9.13 Å². The second-order valence-electron chi connectivity index (χ2n) is 8.78. The van der Waals surface area contributed by atoms with E-state index in [2.05, 4.69) is 37.3 Å². The van der Waals surface area contributed by atoms with Crippen LogP contribution in [0.4, 0.5) is 16.2 Å². The molecular formula is C21H24FN9O. The third kappa shape index (κ3) is 3.07. The van der Waals surface area contributed by atoms with Crippen LogP contribution in [0.5, 0.6) is 0 Å². The summed E-state index contributed by atoms with van der Waals surface area (Å²) in [5, 5.41) is 11.9. The number of rotatable bonds is 4. The highest BCUT2D eigenvalue weighted by molar-refractivity contribution is 5.86. The summed E-state index contributed by atoms with van der Waals surface area (Å²) in [6.45, 7) is 4.61. The Morgan fingerprint density at radius 3 is 2.81 bits per heavy atom. The largest absolute Gasteiger partial charge is 0.382 e. The van der Waals surface area contributed by atoms with Gasteiger partial charge >= 0.3 is 0 Å². The average Bonchev–Trinajstić information content (AvgIpc) is 3.40. The van der Waals surface area contributed by atoms with Gasteiger partial charge < -0.3 is 15.8 Å². The maximum Gasteiger partial charge on any atom is 0.243 e. The standard InChI is InChI=1S/C21H24FN9O/c1-21(11-32-12-21)29-7-4-16(14(22)10-29)26-20-27-19(23)18-13(3-8-31(18)28-20)15-5-9-30-17(25-15)2-6-24-30/h2-3,5-6,8-9,14,16H,4,7,10-12H2,1H3,(H3,23,26,27,28)/t14-,16+/m0/s1. The second-order valence-corrected chi connectivity index (χ2v) is 8.78. The molecule has 2 aliphatic rings. The highest BCUT2D eigenvalue weighted by Gasteiger charge is 2.43. The fourth-order valence-corrected chi connectivity index (χ4v) is 4.59. The Morgan fingerprint density at radius 1 is 1.19 bits per heavy atom. The van der Waals surface area contributed by atoms with Gasteiger partial charge in [-0.05, 0) is 25.5 Å². The van der Waals surface area contributed by atoms with Gasteiger partial charge in [0.25, 0.3) is 0 Å². The molecule has 0 amide bonds. The summed E-state index contributed by atoms with van der Waals surface area (Å²) in [5.41, 5.74) is 9.23. The van der Waals surface area contributed by atoms with Gasteiger partial charge in [-0.3, -0.25) is 4.90 Å². The fourth-order valence-electron chi connectivity index (χ4n) is 4.59. The molecule has 0 spiro atoms. The SMILES string of the molecule is CC1(N2CC[C@@H](Nc3nc(N)c4c(-c5ccn6nccc6n5)ccn4n3)[C@@H](F)C2)COC1. The Kier molecular flexibility index (Phi) is 4.30. The fraction of sp³-hybridized carbons (Fsp3) is 0.429. The number of nitrogens with zero attached hydrogens (tertiary/aromatic N) is 7. The molecule has 2 fully saturated rings. The van der Waals surface area contributed by atoms with E-state index in [4.69, 9.17) is 10.5 Å². The van der Waals surface area contributed by atoms with Crippen molar-refractivity contribution in [1.82, 2.24) is 34.1 Å². The quantitative estimate of drug-likeness (QED) is 0.496. The van der Waals surface area contributed by atoms with E-state index in [-0.39, 0.29) is 11.6 Å². The Hall–Kier alpha value is -3.31. The van der Waals surface area contributed by atoms with E-state index in [9.17, 15) is 4.39 Å². The van der Waals surface area contributed by atoms with Crippen molar-refractivity contribution >= 4 is 22.9 Å². The number of piperidine rings is 1. The molecule has 166 valence electrons. The average molecular weight is 437 g/mol. The number of hydrogen-bond donors (Lipinski definition) is 2. The van der Waals surface area contributed by atoms with Crippen LogP contribution in [0.2, 0.25) is 0 Å². The zero-order chi connectivity index (χ0) is 21.9. The second kappa shape index (κ2) is 7.10. The van der Waals surface area contributed by atoms with Crippen LogP contribution in [-0.4, -0.2) is 78.2 Å². The Labute approximate surface area is 183 Å². The summed E-state index contributed by atoms with van der Waals surface area (Å²) in [7, 11) is 0. The molecular weight excluding hydrogens is 413 g/mol. The topological polar surface area (TPSA) is 111 Å². The van der Waals surface area contributed by atoms with Gasteiger partial charge in [0.15, 0.2) is 11.5 Å². The van der Waals surface area contributed by atoms with Gasteiger partial charge in [-0.25, -0.2) is 18.4 Å². The summed E-state index contributed by atoms with van der Waals surface area (Å²) in [6.07, 6.45) is 4.97. The molecule has 6 heterocycles. The summed E-state index contributed by atoms with van der Waals surface area (Å²) >= 11 is 0. The van der Waals surface area contributed by atoms with Crippen molar-refractivity contribution in [1.29, 1.82) is 0 Å². The minimum Gasteiger partial charge on any atom is -0.382 e. The lowest BCUT2D eigenvalue weighted by Gasteiger charge is -2.50. The number of nitrogens with two attached hydrogens (primary N) is 1. The van der Waals surface area contributed by atoms with Crippen LogP contribution >= 0.6 is 0 Å². The van der Waals surface area contributed by atoms with Crippen LogP contribution in [0.1, 0.15) is 13.3 Å². The van der Waals surface area contributed by atoms with E-state index in [1.165, 1.54) is 0 Å². The van der Waals surface area contributed by atoms with Crippen LogP contribution in [0.3, 0.4) is 0 Å². The number of alkyl halides is 1. The zero-order valence-electron chi connectivity index (χ0n) is 17.6. The molecule has 2 atom stereocenters. The molecule has 11 heteroatoms. The molecule has 0 unspecified atom stereocenters. The van der Waals surface area contributed by atoms with Gasteiger partial charge in [-0.15, -0.1) is 5.10 Å². The lowest BCUT2D eigenvalue weighted by molar-refractivity contribution is -0.142. The molecule has 2 saturated heterocycles. The van der Waals surface area contributed by atoms with Crippen LogP contribution < -0.4 is 11.1 Å². The Bertz CT molecular complexity index is 1300. The molecule has 3 N–H and O–H groups in total. The molecule has 0 radical (unpaired) electrons. The van der Waals surface area contributed by atoms with Crippen LogP contribution in [0, 0.1) is 0 Å². The number of nitrogens with one attached hydrogen (secondary N) is 1. The first-order chi connectivity index (χ1) is 15.5. The molecule has 4 aromatic heterocycles. The van der Waals surface area contributed by atoms with Gasteiger partial charge in [0, 0.05) is 37.1 Å². The van der Waals surface area contributed by atoms with Crippen LogP contribution in [-0.2, 0) is 4.74 Å². The third-order valence-corrected chi connectivity index (χ3v) is 6.52. The Balaban J connectivity index is 1.24. The monoisotopic (exact) mass is 437 g/mol. The predicted octanol–water partition coefficient (Wildman–Crippen LogP) is 1.63. The van der Waals surface area contributed by atoms with Crippen molar-refractivity contribution in [3.63, 3.8) is 0 Å². The minimum atomic E-state index is -1.03. The third-order valence-electron chi connectivity index (χ3n) is 6.52. The van der Waals surface area contributed by atoms with Crippen LogP contribution in [0.25, 0.3) is 22.4 Å². The van der Waals surface area contributed by atoms with Gasteiger partial charge in [-0.1, -0.05) is 0 Å². The van der Waals surface area contributed by atoms with E-state index in [0.717, 1.165) is 23.4 Å². The molecule has 32 heavy (non-hydrogen) atoms. The molecule has 0 saturated carbocycles. The maximum absolute atomic E-state index is 15.0. The van der Waals surface area contributed by atoms with Crippen molar-refractivity contribution in [3.8, 4) is 11.3 Å². The number of ether oxygens (including phenoxy) is 1. The molecule has 4 aromatic rings. The van der Waals surface area contributed by atoms with Crippen molar-refractivity contribution in [2.75, 3.05) is 37.4 Å². The number of hydrogen-bond acceptors (Lipinski definition) is 8. The van der Waals surface area contributed by atoms with Gasteiger partial charge in [0.2, 0.25) is 5.95 Å². The number of anilines is 2. The zero-order valence-corrected chi connectivity index (χ0v) is 17.6. The smallest absolute Gasteiger partial charge is 0.243 e. The minimum absolute atomic E-state index is 0.0509. The summed E-state index contributed by atoms with van der Waals surface area (Å²) in [5.74, 6) is 0.625. The van der Waals surface area contributed by atoms with Gasteiger partial charge in [0.05, 0.1) is 36.7 Å². The highest BCUT2D eigenvalue weighted by atomic mass is 19.1.